The van der Waals surface area contributed by atoms with Gasteiger partial charge in [-0.3, -0.25) is 5.32 Å². The fourth-order valence-corrected chi connectivity index (χ4v) is 2.93. The number of nitrogens with zero attached hydrogens (tertiary/aromatic N) is 3. The normalized spacial score (nSPS) is 12.0. The number of aliphatic hydroxyl groups is 1. The Bertz CT molecular complexity index is 959. The molecular formula is C18H22N4O4. The number of imidazole rings is 1. The van der Waals surface area contributed by atoms with Crippen molar-refractivity contribution in [1.29, 1.82) is 0 Å². The van der Waals surface area contributed by atoms with Gasteiger partial charge in [-0.1, -0.05) is 18.2 Å². The van der Waals surface area contributed by atoms with E-state index in [4.69, 9.17) is 9.84 Å². The van der Waals surface area contributed by atoms with Gasteiger partial charge < -0.3 is 19.5 Å². The topological polar surface area (TPSA) is 110 Å². The summed E-state index contributed by atoms with van der Waals surface area (Å²) in [6, 6.07) is 7.44. The van der Waals surface area contributed by atoms with Crippen LogP contribution in [0.1, 0.15) is 26.6 Å². The van der Waals surface area contributed by atoms with Crippen LogP contribution in [-0.4, -0.2) is 43.0 Å². The quantitative estimate of drug-likeness (QED) is 0.625. The Hall–Kier alpha value is -2.71. The fourth-order valence-electron chi connectivity index (χ4n) is 2.93. The zero-order chi connectivity index (χ0) is 18.9. The second-order valence-electron chi connectivity index (χ2n) is 6.67. The number of pyridine rings is 1. The van der Waals surface area contributed by atoms with Gasteiger partial charge in [-0.2, -0.15) is 0 Å². The summed E-state index contributed by atoms with van der Waals surface area (Å²) in [4.78, 5) is 20.2. The van der Waals surface area contributed by atoms with Crippen LogP contribution >= 0.6 is 0 Å². The first kappa shape index (κ1) is 18.1. The highest BCUT2D eigenvalue weighted by atomic mass is 16.5. The first-order valence-electron chi connectivity index (χ1n) is 8.38. The van der Waals surface area contributed by atoms with Crippen LogP contribution < -0.4 is 5.32 Å². The van der Waals surface area contributed by atoms with Crippen molar-refractivity contribution in [2.24, 2.45) is 0 Å². The van der Waals surface area contributed by atoms with Gasteiger partial charge in [0.05, 0.1) is 23.2 Å². The zero-order valence-corrected chi connectivity index (χ0v) is 15.0. The van der Waals surface area contributed by atoms with Crippen molar-refractivity contribution in [3.63, 3.8) is 0 Å². The molecule has 0 bridgehead atoms. The third-order valence-electron chi connectivity index (χ3n) is 3.87. The van der Waals surface area contributed by atoms with E-state index in [0.29, 0.717) is 23.5 Å². The molecule has 3 aromatic rings. The third kappa shape index (κ3) is 3.61. The van der Waals surface area contributed by atoms with Crippen LogP contribution in [0.25, 0.3) is 21.9 Å². The average molecular weight is 358 g/mol. The molecule has 1 amide bonds. The predicted octanol–water partition coefficient (Wildman–Crippen LogP) is 2.98. The van der Waals surface area contributed by atoms with E-state index in [1.807, 2.05) is 35.8 Å². The minimum Gasteiger partial charge on any atom is -0.465 e. The number of hydrogen-bond acceptors (Lipinski definition) is 5. The van der Waals surface area contributed by atoms with Gasteiger partial charge in [0.1, 0.15) is 17.9 Å². The lowest BCUT2D eigenvalue weighted by Crippen LogP contribution is -2.27. The Morgan fingerprint density at radius 3 is 2.69 bits per heavy atom. The lowest BCUT2D eigenvalue weighted by molar-refractivity contribution is 0.0582. The van der Waals surface area contributed by atoms with Crippen molar-refractivity contribution in [1.82, 2.24) is 14.5 Å². The highest BCUT2D eigenvalue weighted by Crippen LogP contribution is 2.31. The number of fused-ring (bicyclic) bond motifs is 3. The largest absolute Gasteiger partial charge is 0.465 e. The summed E-state index contributed by atoms with van der Waals surface area (Å²) < 4.78 is 7.39. The Labute approximate surface area is 150 Å². The van der Waals surface area contributed by atoms with Crippen LogP contribution in [0, 0.1) is 0 Å². The van der Waals surface area contributed by atoms with Crippen LogP contribution in [0.3, 0.4) is 0 Å². The van der Waals surface area contributed by atoms with Crippen molar-refractivity contribution in [3.05, 3.63) is 30.1 Å². The molecule has 8 heteroatoms. The number of para-hydroxylation sites is 1. The van der Waals surface area contributed by atoms with Gasteiger partial charge in [0.2, 0.25) is 0 Å². The maximum atomic E-state index is 11.2. The van der Waals surface area contributed by atoms with Gasteiger partial charge in [0, 0.05) is 12.0 Å². The summed E-state index contributed by atoms with van der Waals surface area (Å²) in [5, 5.41) is 22.7. The Kier molecular flexibility index (Phi) is 4.80. The molecule has 0 aliphatic carbocycles. The number of nitrogens with one attached hydrogen (secondary N) is 1. The van der Waals surface area contributed by atoms with E-state index in [-0.39, 0.29) is 19.0 Å². The predicted molar refractivity (Wildman–Crippen MR) is 98.3 cm³/mol. The van der Waals surface area contributed by atoms with Crippen LogP contribution in [0.4, 0.5) is 10.6 Å². The molecule has 138 valence electrons. The zero-order valence-electron chi connectivity index (χ0n) is 15.0. The number of carbonyl (C=O) groups is 1. The molecule has 0 unspecified atom stereocenters. The summed E-state index contributed by atoms with van der Waals surface area (Å²) in [5.74, 6) is 0.772. The molecule has 0 saturated carbocycles. The molecule has 2 heterocycles. The average Bonchev–Trinajstić information content (AvgIpc) is 2.90. The molecule has 0 radical (unpaired) electrons. The van der Waals surface area contributed by atoms with Gasteiger partial charge in [-0.25, -0.2) is 14.8 Å². The Morgan fingerprint density at radius 1 is 1.31 bits per heavy atom. The van der Waals surface area contributed by atoms with Crippen LogP contribution in [0.5, 0.6) is 0 Å². The molecule has 0 aliphatic heterocycles. The van der Waals surface area contributed by atoms with E-state index in [0.717, 1.165) is 10.9 Å². The highest BCUT2D eigenvalue weighted by Gasteiger charge is 2.23. The van der Waals surface area contributed by atoms with E-state index < -0.39 is 11.7 Å². The van der Waals surface area contributed by atoms with Crippen LogP contribution in [-0.2, 0) is 17.9 Å². The first-order chi connectivity index (χ1) is 12.3. The Morgan fingerprint density at radius 2 is 2.04 bits per heavy atom. The molecule has 0 fully saturated rings. The van der Waals surface area contributed by atoms with Crippen molar-refractivity contribution in [2.75, 3.05) is 11.9 Å². The molecule has 0 saturated heterocycles. The molecule has 0 atom stereocenters. The number of benzene rings is 1. The van der Waals surface area contributed by atoms with Crippen molar-refractivity contribution in [2.45, 2.75) is 39.5 Å². The molecule has 0 aliphatic rings. The van der Waals surface area contributed by atoms with Gasteiger partial charge in [0.25, 0.3) is 0 Å². The summed E-state index contributed by atoms with van der Waals surface area (Å²) in [6.07, 6.45) is -1.21. The van der Waals surface area contributed by atoms with Crippen molar-refractivity contribution < 1.29 is 19.7 Å². The SMILES string of the molecule is CCOCc1nc2c(NC(=O)O)nc3ccccc3c2n1CC(C)(C)O. The highest BCUT2D eigenvalue weighted by molar-refractivity contribution is 6.08. The second-order valence-corrected chi connectivity index (χ2v) is 6.67. The van der Waals surface area contributed by atoms with Crippen molar-refractivity contribution >= 4 is 33.8 Å². The monoisotopic (exact) mass is 358 g/mol. The van der Waals surface area contributed by atoms with E-state index >= 15 is 0 Å². The number of carboxylic acid groups (broad SMARTS) is 1. The number of aromatic nitrogens is 3. The van der Waals surface area contributed by atoms with Gasteiger partial charge >= 0.3 is 6.09 Å². The molecule has 0 spiro atoms. The molecule has 3 rings (SSSR count). The molecule has 2 aromatic heterocycles. The van der Waals surface area contributed by atoms with Gasteiger partial charge in [-0.15, -0.1) is 0 Å². The molecular weight excluding hydrogens is 336 g/mol. The molecule has 8 nitrogen and oxygen atoms in total. The van der Waals surface area contributed by atoms with Crippen molar-refractivity contribution in [3.8, 4) is 0 Å². The summed E-state index contributed by atoms with van der Waals surface area (Å²) >= 11 is 0. The molecule has 3 N–H and O–H groups in total. The maximum absolute atomic E-state index is 11.2. The molecule has 1 aromatic carbocycles. The van der Waals surface area contributed by atoms with Gasteiger partial charge in [-0.05, 0) is 26.8 Å². The fraction of sp³-hybridized carbons (Fsp3) is 0.389. The second kappa shape index (κ2) is 6.89. The number of ether oxygens (including phenoxy) is 1. The van der Waals surface area contributed by atoms with Crippen LogP contribution in [0.15, 0.2) is 24.3 Å². The minimum absolute atomic E-state index is 0.165. The van der Waals surface area contributed by atoms with Gasteiger partial charge in [0.15, 0.2) is 5.82 Å². The molecule has 26 heavy (non-hydrogen) atoms. The summed E-state index contributed by atoms with van der Waals surface area (Å²) in [5.41, 5.74) is 0.809. The van der Waals surface area contributed by atoms with Crippen LogP contribution in [0.2, 0.25) is 0 Å². The van der Waals surface area contributed by atoms with E-state index in [2.05, 4.69) is 15.3 Å². The van der Waals surface area contributed by atoms with E-state index in [1.165, 1.54) is 0 Å². The standard InChI is InChI=1S/C18H22N4O4/c1-4-26-9-13-20-14-15(22(13)10-18(2,3)25)11-7-5-6-8-12(11)19-16(14)21-17(23)24/h5-8,25H,4,9-10H2,1-3H3,(H,19,21)(H,23,24). The lowest BCUT2D eigenvalue weighted by atomic mass is 10.1. The third-order valence-corrected chi connectivity index (χ3v) is 3.87. The summed E-state index contributed by atoms with van der Waals surface area (Å²) in [6.45, 7) is 6.36. The smallest absolute Gasteiger partial charge is 0.410 e. The lowest BCUT2D eigenvalue weighted by Gasteiger charge is -2.20. The summed E-state index contributed by atoms with van der Waals surface area (Å²) in [7, 11) is 0. The number of rotatable bonds is 6. The Balaban J connectivity index is 2.35. The number of amides is 1. The maximum Gasteiger partial charge on any atom is 0.410 e. The van der Waals surface area contributed by atoms with E-state index in [1.54, 1.807) is 13.8 Å². The first-order valence-corrected chi connectivity index (χ1v) is 8.38. The number of anilines is 1. The van der Waals surface area contributed by atoms with E-state index in [9.17, 15) is 9.90 Å². The minimum atomic E-state index is -1.21. The number of hydrogen-bond donors (Lipinski definition) is 3.